The molecule has 0 bridgehead atoms. The van der Waals surface area contributed by atoms with Gasteiger partial charge in [-0.3, -0.25) is 10.1 Å². The summed E-state index contributed by atoms with van der Waals surface area (Å²) in [4.78, 5) is 14.5. The van der Waals surface area contributed by atoms with Crippen LogP contribution in [0.4, 0.5) is 17.2 Å². The summed E-state index contributed by atoms with van der Waals surface area (Å²) in [6, 6.07) is 17.7. The lowest BCUT2D eigenvalue weighted by Crippen LogP contribution is -2.08. The summed E-state index contributed by atoms with van der Waals surface area (Å²) in [5.74, 6) is 0.353. The Hall–Kier alpha value is -3.26. The van der Waals surface area contributed by atoms with Crippen molar-refractivity contribution in [3.05, 3.63) is 93.7 Å². The molecule has 0 unspecified atom stereocenters. The van der Waals surface area contributed by atoms with Crippen LogP contribution in [0.1, 0.15) is 16.7 Å². The SMILES string of the molecule is Cc1cc(Nc2cccc(CS(=O)(=O)Cc3ccccc3)c2)ncc1[N+](=O)[O-]. The van der Waals surface area contributed by atoms with Gasteiger partial charge in [0.05, 0.1) is 16.4 Å². The van der Waals surface area contributed by atoms with Gasteiger partial charge in [-0.05, 0) is 36.2 Å². The fourth-order valence-electron chi connectivity index (χ4n) is 2.83. The van der Waals surface area contributed by atoms with Gasteiger partial charge < -0.3 is 5.32 Å². The van der Waals surface area contributed by atoms with Gasteiger partial charge in [0.15, 0.2) is 9.84 Å². The molecule has 144 valence electrons. The topological polar surface area (TPSA) is 102 Å². The van der Waals surface area contributed by atoms with Gasteiger partial charge in [0.25, 0.3) is 5.69 Å². The van der Waals surface area contributed by atoms with Crippen molar-refractivity contribution in [1.82, 2.24) is 4.98 Å². The number of aryl methyl sites for hydroxylation is 1. The molecule has 0 spiro atoms. The van der Waals surface area contributed by atoms with E-state index in [1.807, 2.05) is 18.2 Å². The van der Waals surface area contributed by atoms with Crippen LogP contribution < -0.4 is 5.32 Å². The van der Waals surface area contributed by atoms with E-state index >= 15 is 0 Å². The quantitative estimate of drug-likeness (QED) is 0.474. The van der Waals surface area contributed by atoms with Crippen LogP contribution in [0.3, 0.4) is 0 Å². The minimum atomic E-state index is -3.32. The number of sulfone groups is 1. The maximum Gasteiger partial charge on any atom is 0.290 e. The monoisotopic (exact) mass is 397 g/mol. The van der Waals surface area contributed by atoms with Gasteiger partial charge in [0, 0.05) is 11.3 Å². The average molecular weight is 397 g/mol. The van der Waals surface area contributed by atoms with Crippen molar-refractivity contribution in [3.63, 3.8) is 0 Å². The highest BCUT2D eigenvalue weighted by molar-refractivity contribution is 7.89. The largest absolute Gasteiger partial charge is 0.340 e. The van der Waals surface area contributed by atoms with Gasteiger partial charge in [0.1, 0.15) is 12.0 Å². The Morgan fingerprint density at radius 2 is 1.68 bits per heavy atom. The first kappa shape index (κ1) is 19.5. The third kappa shape index (κ3) is 5.14. The fourth-order valence-corrected chi connectivity index (χ4v) is 4.32. The van der Waals surface area contributed by atoms with E-state index in [1.165, 1.54) is 6.20 Å². The molecule has 1 N–H and O–H groups in total. The fraction of sp³-hybridized carbons (Fsp3) is 0.150. The molecule has 0 fully saturated rings. The molecule has 0 aliphatic heterocycles. The van der Waals surface area contributed by atoms with Crippen molar-refractivity contribution in [1.29, 1.82) is 0 Å². The van der Waals surface area contributed by atoms with E-state index in [0.717, 1.165) is 5.56 Å². The molecule has 7 nitrogen and oxygen atoms in total. The number of benzene rings is 2. The predicted molar refractivity (Wildman–Crippen MR) is 108 cm³/mol. The van der Waals surface area contributed by atoms with Crippen LogP contribution in [-0.2, 0) is 21.3 Å². The second-order valence-electron chi connectivity index (χ2n) is 6.46. The Balaban J connectivity index is 1.73. The zero-order valence-corrected chi connectivity index (χ0v) is 16.0. The maximum absolute atomic E-state index is 12.5. The number of rotatable bonds is 7. The summed E-state index contributed by atoms with van der Waals surface area (Å²) < 4.78 is 25.0. The Bertz CT molecular complexity index is 1100. The molecule has 3 rings (SSSR count). The van der Waals surface area contributed by atoms with Gasteiger partial charge in [-0.1, -0.05) is 42.5 Å². The average Bonchev–Trinajstić information content (AvgIpc) is 2.61. The molecule has 2 aromatic carbocycles. The molecule has 3 aromatic rings. The van der Waals surface area contributed by atoms with E-state index in [2.05, 4.69) is 10.3 Å². The third-order valence-corrected chi connectivity index (χ3v) is 5.64. The first-order valence-electron chi connectivity index (χ1n) is 8.54. The lowest BCUT2D eigenvalue weighted by Gasteiger charge is -2.09. The molecule has 0 saturated carbocycles. The summed E-state index contributed by atoms with van der Waals surface area (Å²) >= 11 is 0. The van der Waals surface area contributed by atoms with E-state index < -0.39 is 14.8 Å². The third-order valence-electron chi connectivity index (χ3n) is 4.10. The van der Waals surface area contributed by atoms with Crippen LogP contribution in [0.2, 0.25) is 0 Å². The Morgan fingerprint density at radius 1 is 1.00 bits per heavy atom. The molecular weight excluding hydrogens is 378 g/mol. The van der Waals surface area contributed by atoms with Crippen molar-refractivity contribution < 1.29 is 13.3 Å². The standard InChI is InChI=1S/C20H19N3O4S/c1-15-10-20(21-12-19(15)23(24)25)22-18-9-5-8-17(11-18)14-28(26,27)13-16-6-3-2-4-7-16/h2-12H,13-14H2,1H3,(H,21,22). The molecular formula is C20H19N3O4S. The van der Waals surface area contributed by atoms with Crippen LogP contribution in [-0.4, -0.2) is 18.3 Å². The number of hydrogen-bond donors (Lipinski definition) is 1. The molecule has 0 atom stereocenters. The minimum Gasteiger partial charge on any atom is -0.340 e. The summed E-state index contributed by atoms with van der Waals surface area (Å²) in [5, 5.41) is 13.9. The number of aromatic nitrogens is 1. The van der Waals surface area contributed by atoms with E-state index in [-0.39, 0.29) is 17.2 Å². The number of nitrogens with zero attached hydrogens (tertiary/aromatic N) is 2. The van der Waals surface area contributed by atoms with E-state index in [0.29, 0.717) is 22.6 Å². The number of nitrogens with one attached hydrogen (secondary N) is 1. The zero-order valence-electron chi connectivity index (χ0n) is 15.2. The molecule has 1 heterocycles. The van der Waals surface area contributed by atoms with Gasteiger partial charge in [-0.2, -0.15) is 0 Å². The van der Waals surface area contributed by atoms with Gasteiger partial charge in [-0.25, -0.2) is 13.4 Å². The number of anilines is 2. The second-order valence-corrected chi connectivity index (χ2v) is 8.52. The lowest BCUT2D eigenvalue weighted by molar-refractivity contribution is -0.385. The minimum absolute atomic E-state index is 0.0192. The number of nitro groups is 1. The molecule has 0 radical (unpaired) electrons. The van der Waals surface area contributed by atoms with E-state index in [9.17, 15) is 18.5 Å². The molecule has 28 heavy (non-hydrogen) atoms. The van der Waals surface area contributed by atoms with Crippen molar-refractivity contribution in [2.24, 2.45) is 0 Å². The van der Waals surface area contributed by atoms with Crippen molar-refractivity contribution in [2.75, 3.05) is 5.32 Å². The normalized spacial score (nSPS) is 11.2. The van der Waals surface area contributed by atoms with Crippen molar-refractivity contribution in [2.45, 2.75) is 18.4 Å². The Morgan fingerprint density at radius 3 is 2.36 bits per heavy atom. The van der Waals surface area contributed by atoms with E-state index in [1.54, 1.807) is 49.4 Å². The first-order chi connectivity index (χ1) is 13.3. The summed E-state index contributed by atoms with van der Waals surface area (Å²) in [7, 11) is -3.32. The molecule has 1 aromatic heterocycles. The van der Waals surface area contributed by atoms with Crippen molar-refractivity contribution in [3.8, 4) is 0 Å². The summed E-state index contributed by atoms with van der Waals surface area (Å²) in [5.41, 5.74) is 2.51. The highest BCUT2D eigenvalue weighted by Crippen LogP contribution is 2.23. The van der Waals surface area contributed by atoms with E-state index in [4.69, 9.17) is 0 Å². The molecule has 0 aliphatic rings. The number of hydrogen-bond acceptors (Lipinski definition) is 6. The van der Waals surface area contributed by atoms with Crippen molar-refractivity contribution >= 4 is 27.0 Å². The molecule has 0 saturated heterocycles. The van der Waals surface area contributed by atoms with Crippen LogP contribution in [0, 0.1) is 17.0 Å². The Labute approximate surface area is 163 Å². The molecule has 8 heteroatoms. The van der Waals surface area contributed by atoms with Crippen LogP contribution >= 0.6 is 0 Å². The first-order valence-corrected chi connectivity index (χ1v) is 10.4. The van der Waals surface area contributed by atoms with Crippen LogP contribution in [0.25, 0.3) is 0 Å². The second kappa shape index (κ2) is 8.18. The highest BCUT2D eigenvalue weighted by Gasteiger charge is 2.14. The predicted octanol–water partition coefficient (Wildman–Crippen LogP) is 4.16. The highest BCUT2D eigenvalue weighted by atomic mass is 32.2. The Kier molecular flexibility index (Phi) is 5.70. The van der Waals surface area contributed by atoms with Crippen LogP contribution in [0.5, 0.6) is 0 Å². The smallest absolute Gasteiger partial charge is 0.290 e. The summed E-state index contributed by atoms with van der Waals surface area (Å²) in [6.07, 6.45) is 1.20. The molecule has 0 amide bonds. The van der Waals surface area contributed by atoms with Crippen LogP contribution in [0.15, 0.2) is 66.9 Å². The van der Waals surface area contributed by atoms with Gasteiger partial charge >= 0.3 is 0 Å². The van der Waals surface area contributed by atoms with Gasteiger partial charge in [-0.15, -0.1) is 0 Å². The maximum atomic E-state index is 12.5. The zero-order chi connectivity index (χ0) is 20.1. The lowest BCUT2D eigenvalue weighted by atomic mass is 10.2. The molecule has 0 aliphatic carbocycles. The number of pyridine rings is 1. The summed E-state index contributed by atoms with van der Waals surface area (Å²) in [6.45, 7) is 1.64. The van der Waals surface area contributed by atoms with Gasteiger partial charge in [0.2, 0.25) is 0 Å².